The Bertz CT molecular complexity index is 552. The molecular formula is C13H17N3O2S. The molecule has 2 aromatic rings. The summed E-state index contributed by atoms with van der Waals surface area (Å²) in [4.78, 5) is 10.2. The van der Waals surface area contributed by atoms with E-state index in [1.54, 1.807) is 0 Å². The summed E-state index contributed by atoms with van der Waals surface area (Å²) in [5, 5.41) is 8.38. The van der Waals surface area contributed by atoms with Gasteiger partial charge in [-0.25, -0.2) is 4.31 Å². The average Bonchev–Trinajstić information content (AvgIpc) is 2.81. The lowest BCUT2D eigenvalue weighted by molar-refractivity contribution is -0.126. The number of hydrogen-bond acceptors (Lipinski definition) is 5. The second kappa shape index (κ2) is 6.58. The van der Waals surface area contributed by atoms with Gasteiger partial charge in [-0.15, -0.1) is 0 Å². The number of carbonyl (C=O) groups is 1. The van der Waals surface area contributed by atoms with Crippen molar-refractivity contribution in [2.24, 2.45) is 0 Å². The molecule has 0 amide bonds. The van der Waals surface area contributed by atoms with E-state index in [0.29, 0.717) is 6.47 Å². The van der Waals surface area contributed by atoms with Crippen molar-refractivity contribution in [3.05, 3.63) is 23.9 Å². The third-order valence-electron chi connectivity index (χ3n) is 2.80. The van der Waals surface area contributed by atoms with Gasteiger partial charge >= 0.3 is 0 Å². The monoisotopic (exact) mass is 279 g/mol. The van der Waals surface area contributed by atoms with Crippen LogP contribution < -0.4 is 0 Å². The van der Waals surface area contributed by atoms with Gasteiger partial charge in [0, 0.05) is 23.4 Å². The second-order valence-electron chi connectivity index (χ2n) is 4.30. The van der Waals surface area contributed by atoms with Crippen molar-refractivity contribution < 1.29 is 9.53 Å². The lowest BCUT2D eigenvalue weighted by atomic mass is 10.2. The Morgan fingerprint density at radius 2 is 2.21 bits per heavy atom. The Hall–Kier alpha value is -1.53. The molecule has 1 saturated heterocycles. The maximum atomic E-state index is 8.95. The first kappa shape index (κ1) is 13.9. The molecule has 0 spiro atoms. The van der Waals surface area contributed by atoms with E-state index in [-0.39, 0.29) is 0 Å². The highest BCUT2D eigenvalue weighted by molar-refractivity contribution is 7.97. The number of nitrogens with one attached hydrogen (secondary N) is 1. The number of H-pyrrole nitrogens is 1. The summed E-state index contributed by atoms with van der Waals surface area (Å²) in [6, 6.07) is 4.39. The van der Waals surface area contributed by atoms with Gasteiger partial charge in [0.25, 0.3) is 6.47 Å². The molecule has 3 rings (SSSR count). The molecule has 1 N–H and O–H groups in total. The van der Waals surface area contributed by atoms with E-state index < -0.39 is 0 Å². The Labute approximate surface area is 116 Å². The van der Waals surface area contributed by atoms with Crippen molar-refractivity contribution in [1.82, 2.24) is 14.5 Å². The van der Waals surface area contributed by atoms with E-state index >= 15 is 0 Å². The summed E-state index contributed by atoms with van der Waals surface area (Å²) >= 11 is 1.84. The molecule has 6 heteroatoms. The highest BCUT2D eigenvalue weighted by Gasteiger charge is 2.16. The van der Waals surface area contributed by atoms with Crippen LogP contribution >= 0.6 is 11.9 Å². The number of aryl methyl sites for hydroxylation is 1. The minimum Gasteiger partial charge on any atom is -0.471 e. The molecule has 0 aliphatic carbocycles. The van der Waals surface area contributed by atoms with Gasteiger partial charge in [-0.05, 0) is 43.0 Å². The number of nitrogens with zero attached hydrogens (tertiary/aromatic N) is 2. The highest BCUT2D eigenvalue weighted by atomic mass is 32.2. The van der Waals surface area contributed by atoms with Crippen molar-refractivity contribution >= 4 is 29.3 Å². The molecule has 0 unspecified atom stereocenters. The van der Waals surface area contributed by atoms with Crippen LogP contribution in [0, 0.1) is 6.92 Å². The smallest absolute Gasteiger partial charge is 0.292 e. The number of fused-ring (bicyclic) bond motifs is 1. The van der Waals surface area contributed by atoms with Crippen LogP contribution in [0.15, 0.2) is 23.2 Å². The zero-order valence-corrected chi connectivity index (χ0v) is 11.9. The number of rotatable bonds is 3. The third-order valence-corrected chi connectivity index (χ3v) is 3.94. The van der Waals surface area contributed by atoms with Gasteiger partial charge < -0.3 is 4.74 Å². The largest absolute Gasteiger partial charge is 0.471 e. The van der Waals surface area contributed by atoms with Crippen LogP contribution in [0.25, 0.3) is 10.9 Å². The van der Waals surface area contributed by atoms with Crippen molar-refractivity contribution in [2.75, 3.05) is 20.2 Å². The average molecular weight is 279 g/mol. The van der Waals surface area contributed by atoms with E-state index in [4.69, 9.17) is 4.79 Å². The van der Waals surface area contributed by atoms with Crippen LogP contribution in [0.2, 0.25) is 0 Å². The van der Waals surface area contributed by atoms with Gasteiger partial charge in [0.2, 0.25) is 0 Å². The zero-order valence-electron chi connectivity index (χ0n) is 11.0. The number of ether oxygens (including phenoxy) is 1. The topological polar surface area (TPSA) is 58.2 Å². The van der Waals surface area contributed by atoms with Crippen LogP contribution in [-0.2, 0) is 9.53 Å². The molecule has 0 radical (unpaired) electrons. The maximum absolute atomic E-state index is 8.95. The van der Waals surface area contributed by atoms with Crippen LogP contribution in [0.5, 0.6) is 0 Å². The quantitative estimate of drug-likeness (QED) is 0.690. The maximum Gasteiger partial charge on any atom is 0.292 e. The SMILES string of the molecule is COC=O.Cc1cc(SN2CCC2)c2[nH]ncc2c1. The van der Waals surface area contributed by atoms with Crippen LogP contribution in [0.4, 0.5) is 0 Å². The molecule has 2 heterocycles. The van der Waals surface area contributed by atoms with Gasteiger partial charge in [-0.2, -0.15) is 5.10 Å². The molecule has 1 aromatic carbocycles. The molecule has 5 nitrogen and oxygen atoms in total. The van der Waals surface area contributed by atoms with Gasteiger partial charge in [-0.1, -0.05) is 0 Å². The normalized spacial score (nSPS) is 14.4. The summed E-state index contributed by atoms with van der Waals surface area (Å²) in [6.45, 7) is 4.91. The van der Waals surface area contributed by atoms with Crippen LogP contribution in [0.1, 0.15) is 12.0 Å². The molecule has 0 bridgehead atoms. The van der Waals surface area contributed by atoms with Gasteiger partial charge in [-0.3, -0.25) is 9.89 Å². The Morgan fingerprint density at radius 3 is 2.79 bits per heavy atom. The predicted molar refractivity (Wildman–Crippen MR) is 76.0 cm³/mol. The molecule has 19 heavy (non-hydrogen) atoms. The molecule has 1 aliphatic heterocycles. The first-order valence-corrected chi connectivity index (χ1v) is 6.85. The summed E-state index contributed by atoms with van der Waals surface area (Å²) in [6.07, 6.45) is 3.22. The van der Waals surface area contributed by atoms with E-state index in [2.05, 4.69) is 38.3 Å². The fraction of sp³-hybridized carbons (Fsp3) is 0.385. The fourth-order valence-electron chi connectivity index (χ4n) is 1.76. The molecule has 1 fully saturated rings. The molecule has 1 aromatic heterocycles. The van der Waals surface area contributed by atoms with E-state index in [1.807, 2.05) is 18.1 Å². The number of benzene rings is 1. The van der Waals surface area contributed by atoms with Gasteiger partial charge in [0.15, 0.2) is 0 Å². The van der Waals surface area contributed by atoms with E-state index in [1.165, 1.54) is 42.5 Å². The zero-order chi connectivity index (χ0) is 13.7. The summed E-state index contributed by atoms with van der Waals surface area (Å²) in [7, 11) is 1.31. The highest BCUT2D eigenvalue weighted by Crippen LogP contribution is 2.32. The van der Waals surface area contributed by atoms with E-state index in [9.17, 15) is 0 Å². The van der Waals surface area contributed by atoms with E-state index in [0.717, 1.165) is 5.52 Å². The second-order valence-corrected chi connectivity index (χ2v) is 5.44. The number of aromatic amines is 1. The Kier molecular flexibility index (Phi) is 4.81. The van der Waals surface area contributed by atoms with Crippen molar-refractivity contribution in [1.29, 1.82) is 0 Å². The number of carbonyl (C=O) groups excluding carboxylic acids is 1. The van der Waals surface area contributed by atoms with Crippen LogP contribution in [0.3, 0.4) is 0 Å². The molecule has 0 atom stereocenters. The van der Waals surface area contributed by atoms with Crippen molar-refractivity contribution in [2.45, 2.75) is 18.2 Å². The molecule has 102 valence electrons. The minimum atomic E-state index is 0.375. The number of hydrogen-bond donors (Lipinski definition) is 1. The first-order valence-electron chi connectivity index (χ1n) is 6.07. The molecule has 0 saturated carbocycles. The van der Waals surface area contributed by atoms with Gasteiger partial charge in [0.1, 0.15) is 0 Å². The Balaban J connectivity index is 0.000000297. The van der Waals surface area contributed by atoms with Crippen molar-refractivity contribution in [3.63, 3.8) is 0 Å². The lowest BCUT2D eigenvalue weighted by Gasteiger charge is -2.29. The predicted octanol–water partition coefficient (Wildman–Crippen LogP) is 2.37. The number of methoxy groups -OCH3 is 1. The minimum absolute atomic E-state index is 0.375. The van der Waals surface area contributed by atoms with Gasteiger partial charge in [0.05, 0.1) is 18.8 Å². The fourth-order valence-corrected chi connectivity index (χ4v) is 2.97. The van der Waals surface area contributed by atoms with Crippen molar-refractivity contribution in [3.8, 4) is 0 Å². The summed E-state index contributed by atoms with van der Waals surface area (Å²) in [5.41, 5.74) is 2.46. The third kappa shape index (κ3) is 3.48. The summed E-state index contributed by atoms with van der Waals surface area (Å²) < 4.78 is 6.25. The molecule has 1 aliphatic rings. The Morgan fingerprint density at radius 1 is 1.47 bits per heavy atom. The molecular weight excluding hydrogens is 262 g/mol. The lowest BCUT2D eigenvalue weighted by Crippen LogP contribution is -2.30. The van der Waals surface area contributed by atoms with Crippen LogP contribution in [-0.4, -0.2) is 41.2 Å². The summed E-state index contributed by atoms with van der Waals surface area (Å²) in [5.74, 6) is 0. The standard InChI is InChI=1S/C11H13N3S.C2H4O2/c1-8-5-9-7-12-13-11(9)10(6-8)15-14-3-2-4-14;1-4-2-3/h5-7H,2-4H2,1H3,(H,12,13);2H,1H3. The number of aromatic nitrogens is 2. The first-order chi connectivity index (χ1) is 9.24.